The first-order valence-electron chi connectivity index (χ1n) is 5.21. The molecule has 0 aromatic carbocycles. The van der Waals surface area contributed by atoms with Crippen LogP contribution in [0.1, 0.15) is 23.3 Å². The van der Waals surface area contributed by atoms with E-state index in [0.717, 1.165) is 13.1 Å². The summed E-state index contributed by atoms with van der Waals surface area (Å²) in [5, 5.41) is 17.7. The number of quaternary nitrogens is 1. The number of carbonyl (C=O) groups is 1. The van der Waals surface area contributed by atoms with Crippen molar-refractivity contribution in [3.63, 3.8) is 0 Å². The van der Waals surface area contributed by atoms with Crippen LogP contribution in [-0.4, -0.2) is 40.6 Å². The fourth-order valence-corrected chi connectivity index (χ4v) is 1.90. The molecule has 1 aliphatic heterocycles. The summed E-state index contributed by atoms with van der Waals surface area (Å²) >= 11 is 0. The van der Waals surface area contributed by atoms with Gasteiger partial charge in [0, 0.05) is 12.8 Å². The molecule has 0 atom stereocenters. The van der Waals surface area contributed by atoms with Gasteiger partial charge >= 0.3 is 0 Å². The summed E-state index contributed by atoms with van der Waals surface area (Å²) in [5.74, 6) is -1.27. The third-order valence-electron chi connectivity index (χ3n) is 2.75. The number of nitrogens with zero attached hydrogens (tertiary/aromatic N) is 3. The Morgan fingerprint density at radius 2 is 2.27 bits per heavy atom. The smallest absolute Gasteiger partial charge is 0.128 e. The zero-order valence-electron chi connectivity index (χ0n) is 8.48. The van der Waals surface area contributed by atoms with Crippen LogP contribution in [0.2, 0.25) is 0 Å². The van der Waals surface area contributed by atoms with E-state index in [0.29, 0.717) is 0 Å². The number of rotatable bonds is 4. The normalized spacial score (nSPS) is 17.1. The molecule has 6 heteroatoms. The van der Waals surface area contributed by atoms with Gasteiger partial charge in [-0.1, -0.05) is 5.21 Å². The molecule has 2 rings (SSSR count). The highest BCUT2D eigenvalue weighted by Crippen LogP contribution is 1.91. The lowest BCUT2D eigenvalue weighted by atomic mass is 10.4. The molecule has 15 heavy (non-hydrogen) atoms. The van der Waals surface area contributed by atoms with Crippen molar-refractivity contribution < 1.29 is 14.8 Å². The van der Waals surface area contributed by atoms with Crippen molar-refractivity contribution in [3.05, 3.63) is 11.9 Å². The molecule has 6 nitrogen and oxygen atoms in total. The van der Waals surface area contributed by atoms with Gasteiger partial charge in [-0.15, -0.1) is 5.10 Å². The van der Waals surface area contributed by atoms with Gasteiger partial charge in [-0.2, -0.15) is 0 Å². The first kappa shape index (κ1) is 10.1. The zero-order valence-corrected chi connectivity index (χ0v) is 8.48. The molecule has 0 spiro atoms. The quantitative estimate of drug-likeness (QED) is 0.587. The summed E-state index contributed by atoms with van der Waals surface area (Å²) < 4.78 is 1.57. The minimum absolute atomic E-state index is 0.0913. The second kappa shape index (κ2) is 4.39. The van der Waals surface area contributed by atoms with E-state index in [4.69, 9.17) is 0 Å². The van der Waals surface area contributed by atoms with Crippen LogP contribution in [-0.2, 0) is 6.54 Å². The maximum atomic E-state index is 10.4. The number of hydrogen-bond acceptors (Lipinski definition) is 4. The van der Waals surface area contributed by atoms with Crippen molar-refractivity contribution in [2.24, 2.45) is 0 Å². The van der Waals surface area contributed by atoms with Gasteiger partial charge in [0.1, 0.15) is 5.69 Å². The van der Waals surface area contributed by atoms with Gasteiger partial charge in [0.05, 0.1) is 38.3 Å². The van der Waals surface area contributed by atoms with E-state index in [1.807, 2.05) is 0 Å². The number of hydrogen-bond donors (Lipinski definition) is 1. The zero-order chi connectivity index (χ0) is 10.7. The lowest BCUT2D eigenvalue weighted by Crippen LogP contribution is -3.10. The van der Waals surface area contributed by atoms with Crippen LogP contribution in [0.15, 0.2) is 6.20 Å². The third-order valence-corrected chi connectivity index (χ3v) is 2.75. The minimum atomic E-state index is -1.27. The molecule has 1 aromatic heterocycles. The van der Waals surface area contributed by atoms with Crippen LogP contribution >= 0.6 is 0 Å². The summed E-state index contributed by atoms with van der Waals surface area (Å²) in [6.45, 7) is 4.12. The fraction of sp³-hybridized carbons (Fsp3) is 0.667. The topological polar surface area (TPSA) is 75.3 Å². The Morgan fingerprint density at radius 1 is 1.53 bits per heavy atom. The van der Waals surface area contributed by atoms with Gasteiger partial charge in [0.15, 0.2) is 0 Å². The third kappa shape index (κ3) is 2.53. The van der Waals surface area contributed by atoms with Gasteiger partial charge in [-0.25, -0.2) is 4.68 Å². The van der Waals surface area contributed by atoms with E-state index in [1.54, 1.807) is 9.58 Å². The maximum absolute atomic E-state index is 10.4. The van der Waals surface area contributed by atoms with E-state index < -0.39 is 5.97 Å². The first-order chi connectivity index (χ1) is 7.25. The summed E-state index contributed by atoms with van der Waals surface area (Å²) in [6, 6.07) is 0. The van der Waals surface area contributed by atoms with E-state index in [-0.39, 0.29) is 5.69 Å². The second-order valence-electron chi connectivity index (χ2n) is 3.86. The molecule has 1 aromatic rings. The van der Waals surface area contributed by atoms with Crippen LogP contribution in [0.4, 0.5) is 0 Å². The molecule has 0 amide bonds. The molecular formula is C9H14N4O2. The second-order valence-corrected chi connectivity index (χ2v) is 3.86. The molecule has 0 aliphatic carbocycles. The van der Waals surface area contributed by atoms with Crippen molar-refractivity contribution in [2.75, 3.05) is 19.6 Å². The molecule has 2 heterocycles. The highest BCUT2D eigenvalue weighted by Gasteiger charge is 2.14. The average molecular weight is 210 g/mol. The fourth-order valence-electron chi connectivity index (χ4n) is 1.90. The van der Waals surface area contributed by atoms with E-state index in [2.05, 4.69) is 10.3 Å². The van der Waals surface area contributed by atoms with Crippen molar-refractivity contribution in [1.82, 2.24) is 15.0 Å². The van der Waals surface area contributed by atoms with Crippen LogP contribution in [0, 0.1) is 0 Å². The van der Waals surface area contributed by atoms with E-state index in [1.165, 1.54) is 32.1 Å². The van der Waals surface area contributed by atoms with Gasteiger partial charge in [-0.3, -0.25) is 0 Å². The molecule has 1 aliphatic rings. The number of carboxylic acids is 1. The maximum Gasteiger partial charge on any atom is 0.128 e. The first-order valence-corrected chi connectivity index (χ1v) is 5.21. The standard InChI is InChI=1S/C9H14N4O2/c14-9(15)8-7-13(11-10-8)6-5-12-3-1-2-4-12/h7H,1-6H2,(H,14,15). The van der Waals surface area contributed by atoms with Gasteiger partial charge < -0.3 is 14.8 Å². The molecule has 82 valence electrons. The Morgan fingerprint density at radius 3 is 2.87 bits per heavy atom. The van der Waals surface area contributed by atoms with Crippen molar-refractivity contribution >= 4 is 5.97 Å². The summed E-state index contributed by atoms with van der Waals surface area (Å²) in [5.41, 5.74) is -0.0913. The number of aromatic nitrogens is 3. The van der Waals surface area contributed by atoms with Crippen molar-refractivity contribution in [3.8, 4) is 0 Å². The predicted octanol–water partition coefficient (Wildman–Crippen LogP) is -2.68. The van der Waals surface area contributed by atoms with Crippen molar-refractivity contribution in [1.29, 1.82) is 0 Å². The number of carboxylic acid groups (broad SMARTS) is 1. The highest BCUT2D eigenvalue weighted by atomic mass is 16.4. The Hall–Kier alpha value is -1.43. The Balaban J connectivity index is 1.84. The molecule has 1 N–H and O–H groups in total. The van der Waals surface area contributed by atoms with Gasteiger partial charge in [-0.05, 0) is 0 Å². The molecule has 1 saturated heterocycles. The Labute approximate surface area is 87.5 Å². The lowest BCUT2D eigenvalue weighted by Gasteiger charge is -2.10. The number of aromatic carboxylic acids is 1. The summed E-state index contributed by atoms with van der Waals surface area (Å²) in [4.78, 5) is 12.0. The molecule has 0 saturated carbocycles. The number of carbonyl (C=O) groups excluding carboxylic acids is 1. The summed E-state index contributed by atoms with van der Waals surface area (Å²) in [7, 11) is 0. The van der Waals surface area contributed by atoms with Crippen LogP contribution < -0.4 is 10.0 Å². The van der Waals surface area contributed by atoms with Crippen LogP contribution in [0.5, 0.6) is 0 Å². The SMILES string of the molecule is O=C([O-])c1cn(CC[NH+]2CCCC2)nn1. The Bertz CT molecular complexity index is 344. The molecule has 0 unspecified atom stereocenters. The average Bonchev–Trinajstić information content (AvgIpc) is 2.86. The van der Waals surface area contributed by atoms with Crippen LogP contribution in [0.3, 0.4) is 0 Å². The highest BCUT2D eigenvalue weighted by molar-refractivity contribution is 5.82. The minimum Gasteiger partial charge on any atom is -0.543 e. The Kier molecular flexibility index (Phi) is 2.96. The molecule has 0 radical (unpaired) electrons. The van der Waals surface area contributed by atoms with Crippen molar-refractivity contribution in [2.45, 2.75) is 19.4 Å². The van der Waals surface area contributed by atoms with E-state index >= 15 is 0 Å². The summed E-state index contributed by atoms with van der Waals surface area (Å²) in [6.07, 6.45) is 4.00. The number of likely N-dealkylation sites (tertiary alicyclic amines) is 1. The monoisotopic (exact) mass is 210 g/mol. The largest absolute Gasteiger partial charge is 0.543 e. The molecule has 0 bridgehead atoms. The molecule has 1 fully saturated rings. The van der Waals surface area contributed by atoms with Crippen LogP contribution in [0.25, 0.3) is 0 Å². The van der Waals surface area contributed by atoms with Gasteiger partial charge in [0.2, 0.25) is 0 Å². The lowest BCUT2D eigenvalue weighted by molar-refractivity contribution is -0.888. The number of nitrogens with one attached hydrogen (secondary N) is 1. The molecular weight excluding hydrogens is 196 g/mol. The van der Waals surface area contributed by atoms with Gasteiger partial charge in [0.25, 0.3) is 0 Å². The predicted molar refractivity (Wildman–Crippen MR) is 49.2 cm³/mol. The van der Waals surface area contributed by atoms with E-state index in [9.17, 15) is 9.90 Å².